The third-order valence-electron chi connectivity index (χ3n) is 6.14. The fourth-order valence-corrected chi connectivity index (χ4v) is 6.80. The number of ether oxygens (including phenoxy) is 1. The Balaban J connectivity index is 1.51. The number of nitrogens with one attached hydrogen (secondary N) is 1. The fourth-order valence-electron chi connectivity index (χ4n) is 4.13. The lowest BCUT2D eigenvalue weighted by Crippen LogP contribution is -2.43. The van der Waals surface area contributed by atoms with Gasteiger partial charge in [-0.1, -0.05) is 23.2 Å². The van der Waals surface area contributed by atoms with E-state index in [2.05, 4.69) is 50.7 Å². The summed E-state index contributed by atoms with van der Waals surface area (Å²) in [4.78, 5) is 11.9. The van der Waals surface area contributed by atoms with Crippen LogP contribution >= 0.6 is 45.9 Å². The van der Waals surface area contributed by atoms with E-state index >= 15 is 0 Å². The molecule has 0 amide bonds. The van der Waals surface area contributed by atoms with Gasteiger partial charge in [0.1, 0.15) is 11.8 Å². The quantitative estimate of drug-likeness (QED) is 0.291. The number of nitrogens with zero attached hydrogens (tertiary/aromatic N) is 4. The molecule has 1 aromatic carbocycles. The molecule has 10 heteroatoms. The molecule has 4 aromatic rings. The summed E-state index contributed by atoms with van der Waals surface area (Å²) in [6.45, 7) is 5.28. The number of piperazine rings is 1. The molecular formula is C25H23Cl2N5OS2. The standard InChI is InChI=1S/C25H23Cl2N5OS2/c1-31-4-6-32(7-5-31)14-23-16(3-8-34-23)22-11-20-25(35-22)24(15(12-28)13-29-20)30-19-10-21(33-2)18(27)9-17(19)26/h3,8-11,13H,4-7,14H2,1-2H3,(H,29,30). The topological polar surface area (TPSA) is 64.4 Å². The molecule has 0 atom stereocenters. The first-order valence-corrected chi connectivity index (χ1v) is 13.5. The van der Waals surface area contributed by atoms with Crippen LogP contribution in [-0.4, -0.2) is 55.1 Å². The molecule has 6 nitrogen and oxygen atoms in total. The van der Waals surface area contributed by atoms with Gasteiger partial charge in [-0.3, -0.25) is 9.88 Å². The van der Waals surface area contributed by atoms with E-state index in [-0.39, 0.29) is 0 Å². The minimum Gasteiger partial charge on any atom is -0.495 e. The highest BCUT2D eigenvalue weighted by molar-refractivity contribution is 7.23. The Morgan fingerprint density at radius 2 is 1.97 bits per heavy atom. The van der Waals surface area contributed by atoms with E-state index in [1.165, 1.54) is 10.4 Å². The smallest absolute Gasteiger partial charge is 0.139 e. The predicted molar refractivity (Wildman–Crippen MR) is 147 cm³/mol. The summed E-state index contributed by atoms with van der Waals surface area (Å²) in [5, 5.41) is 16.2. The van der Waals surface area contributed by atoms with Crippen molar-refractivity contribution in [3.63, 3.8) is 0 Å². The van der Waals surface area contributed by atoms with Crippen molar-refractivity contribution in [1.29, 1.82) is 5.26 Å². The van der Waals surface area contributed by atoms with Gasteiger partial charge in [0, 0.05) is 60.3 Å². The molecule has 1 fully saturated rings. The summed E-state index contributed by atoms with van der Waals surface area (Å²) < 4.78 is 6.25. The number of anilines is 2. The fraction of sp³-hybridized carbons (Fsp3) is 0.280. The molecule has 0 radical (unpaired) electrons. The normalized spacial score (nSPS) is 14.8. The van der Waals surface area contributed by atoms with E-state index < -0.39 is 0 Å². The summed E-state index contributed by atoms with van der Waals surface area (Å²) in [6, 6.07) is 9.90. The van der Waals surface area contributed by atoms with Crippen molar-refractivity contribution in [1.82, 2.24) is 14.8 Å². The third kappa shape index (κ3) is 4.98. The van der Waals surface area contributed by atoms with E-state index in [1.54, 1.807) is 48.1 Å². The van der Waals surface area contributed by atoms with Gasteiger partial charge < -0.3 is 15.0 Å². The monoisotopic (exact) mass is 543 g/mol. The van der Waals surface area contributed by atoms with Gasteiger partial charge in [0.25, 0.3) is 0 Å². The Morgan fingerprint density at radius 3 is 2.71 bits per heavy atom. The van der Waals surface area contributed by atoms with E-state index in [0.29, 0.717) is 32.7 Å². The van der Waals surface area contributed by atoms with Gasteiger partial charge in [-0.05, 0) is 30.6 Å². The van der Waals surface area contributed by atoms with E-state index in [0.717, 1.165) is 47.8 Å². The van der Waals surface area contributed by atoms with Crippen molar-refractivity contribution in [3.8, 4) is 22.3 Å². The second-order valence-corrected chi connectivity index (χ2v) is 11.3. The molecule has 3 aromatic heterocycles. The third-order valence-corrected chi connectivity index (χ3v) is 8.83. The van der Waals surface area contributed by atoms with Crippen LogP contribution in [0.3, 0.4) is 0 Å². The number of nitriles is 1. The Labute approximate surface area is 222 Å². The Kier molecular flexibility index (Phi) is 7.17. The first-order valence-electron chi connectivity index (χ1n) is 11.1. The van der Waals surface area contributed by atoms with Crippen molar-refractivity contribution >= 4 is 67.5 Å². The zero-order valence-electron chi connectivity index (χ0n) is 19.3. The number of thiophene rings is 2. The van der Waals surface area contributed by atoms with Crippen LogP contribution in [0.2, 0.25) is 10.0 Å². The Hall–Kier alpha value is -2.38. The first-order chi connectivity index (χ1) is 17.0. The maximum absolute atomic E-state index is 9.79. The number of aromatic nitrogens is 1. The lowest BCUT2D eigenvalue weighted by Gasteiger charge is -2.32. The number of hydrogen-bond donors (Lipinski definition) is 1. The highest BCUT2D eigenvalue weighted by Crippen LogP contribution is 2.43. The summed E-state index contributed by atoms with van der Waals surface area (Å²) in [5.74, 6) is 0.501. The number of hydrogen-bond acceptors (Lipinski definition) is 8. The molecule has 0 aliphatic carbocycles. The maximum Gasteiger partial charge on any atom is 0.139 e. The summed E-state index contributed by atoms with van der Waals surface area (Å²) in [7, 11) is 3.73. The van der Waals surface area contributed by atoms with Crippen LogP contribution in [0, 0.1) is 11.3 Å². The number of pyridine rings is 1. The van der Waals surface area contributed by atoms with Gasteiger partial charge in [0.2, 0.25) is 0 Å². The molecule has 5 rings (SSSR count). The average molecular weight is 545 g/mol. The van der Waals surface area contributed by atoms with Crippen LogP contribution in [-0.2, 0) is 6.54 Å². The van der Waals surface area contributed by atoms with Crippen LogP contribution in [0.25, 0.3) is 20.7 Å². The molecule has 4 heterocycles. The molecule has 35 heavy (non-hydrogen) atoms. The minimum absolute atomic E-state index is 0.423. The largest absolute Gasteiger partial charge is 0.495 e. The Bertz CT molecular complexity index is 1420. The molecule has 1 N–H and O–H groups in total. The van der Waals surface area contributed by atoms with Gasteiger partial charge in [0.15, 0.2) is 0 Å². The number of rotatable bonds is 6. The van der Waals surface area contributed by atoms with Crippen LogP contribution < -0.4 is 10.1 Å². The van der Waals surface area contributed by atoms with Gasteiger partial charge in [0.05, 0.1) is 44.3 Å². The number of halogens is 2. The van der Waals surface area contributed by atoms with Gasteiger partial charge in [-0.15, -0.1) is 22.7 Å². The Morgan fingerprint density at radius 1 is 1.17 bits per heavy atom. The second kappa shape index (κ2) is 10.3. The summed E-state index contributed by atoms with van der Waals surface area (Å²) >= 11 is 16.1. The number of methoxy groups -OCH3 is 1. The molecule has 1 saturated heterocycles. The molecular weight excluding hydrogens is 521 g/mol. The lowest BCUT2D eigenvalue weighted by molar-refractivity contribution is 0.149. The molecule has 1 aliphatic heterocycles. The molecule has 0 unspecified atom stereocenters. The maximum atomic E-state index is 9.79. The van der Waals surface area contributed by atoms with Gasteiger partial charge in [-0.25, -0.2) is 0 Å². The zero-order chi connectivity index (χ0) is 24.5. The molecule has 0 bridgehead atoms. The highest BCUT2D eigenvalue weighted by atomic mass is 35.5. The van der Waals surface area contributed by atoms with Crippen LogP contribution in [0.1, 0.15) is 10.4 Å². The van der Waals surface area contributed by atoms with E-state index in [1.807, 2.05) is 0 Å². The summed E-state index contributed by atoms with van der Waals surface area (Å²) in [6.07, 6.45) is 1.60. The van der Waals surface area contributed by atoms with Crippen LogP contribution in [0.4, 0.5) is 11.4 Å². The number of benzene rings is 1. The van der Waals surface area contributed by atoms with Crippen molar-refractivity contribution in [2.24, 2.45) is 0 Å². The van der Waals surface area contributed by atoms with Crippen molar-refractivity contribution < 1.29 is 4.74 Å². The van der Waals surface area contributed by atoms with Crippen molar-refractivity contribution in [3.05, 3.63) is 56.3 Å². The van der Waals surface area contributed by atoms with E-state index in [4.69, 9.17) is 27.9 Å². The zero-order valence-corrected chi connectivity index (χ0v) is 22.4. The molecule has 180 valence electrons. The van der Waals surface area contributed by atoms with Crippen LogP contribution in [0.15, 0.2) is 35.8 Å². The van der Waals surface area contributed by atoms with Gasteiger partial charge >= 0.3 is 0 Å². The first kappa shape index (κ1) is 24.3. The lowest BCUT2D eigenvalue weighted by atomic mass is 10.1. The van der Waals surface area contributed by atoms with Gasteiger partial charge in [-0.2, -0.15) is 5.26 Å². The van der Waals surface area contributed by atoms with E-state index in [9.17, 15) is 5.26 Å². The average Bonchev–Trinajstić information content (AvgIpc) is 3.49. The second-order valence-electron chi connectivity index (χ2n) is 8.41. The number of fused-ring (bicyclic) bond motifs is 1. The molecule has 1 aliphatic rings. The highest BCUT2D eigenvalue weighted by Gasteiger charge is 2.20. The SMILES string of the molecule is COc1cc(Nc2c(C#N)cnc3cc(-c4ccsc4CN4CCN(C)CC4)sc23)c(Cl)cc1Cl. The van der Waals surface area contributed by atoms with Crippen molar-refractivity contribution in [2.75, 3.05) is 45.7 Å². The number of likely N-dealkylation sites (N-methyl/N-ethyl adjacent to an activating group) is 1. The molecule has 0 spiro atoms. The van der Waals surface area contributed by atoms with Crippen molar-refractivity contribution in [2.45, 2.75) is 6.54 Å². The predicted octanol–water partition coefficient (Wildman–Crippen LogP) is 6.70. The van der Waals surface area contributed by atoms with Crippen LogP contribution in [0.5, 0.6) is 5.75 Å². The summed E-state index contributed by atoms with van der Waals surface area (Å²) in [5.41, 5.74) is 3.79. The molecule has 0 saturated carbocycles. The minimum atomic E-state index is 0.423.